The molecule has 41 heavy (non-hydrogen) atoms. The van der Waals surface area contributed by atoms with Crippen LogP contribution in [0.4, 0.5) is 4.39 Å². The summed E-state index contributed by atoms with van der Waals surface area (Å²) >= 11 is 5.98. The first-order valence-corrected chi connectivity index (χ1v) is 15.5. The van der Waals surface area contributed by atoms with E-state index in [9.17, 15) is 9.65 Å². The number of imidazole rings is 1. The van der Waals surface area contributed by atoms with Crippen LogP contribution in [0.15, 0.2) is 42.7 Å². The molecule has 0 radical (unpaired) electrons. The molecule has 0 unspecified atom stereocenters. The van der Waals surface area contributed by atoms with Crippen molar-refractivity contribution in [2.24, 2.45) is 0 Å². The maximum Gasteiger partial charge on any atom is 0.254 e. The number of benzene rings is 1. The summed E-state index contributed by atoms with van der Waals surface area (Å²) in [6.45, 7) is 3.93. The van der Waals surface area contributed by atoms with Crippen LogP contribution in [0.25, 0.3) is 11.0 Å². The third-order valence-corrected chi connectivity index (χ3v) is 9.24. The van der Waals surface area contributed by atoms with Gasteiger partial charge in [-0.25, -0.2) is 15.0 Å². The second kappa shape index (κ2) is 12.2. The number of halogens is 2. The first-order valence-electron chi connectivity index (χ1n) is 14.0. The van der Waals surface area contributed by atoms with Crippen LogP contribution in [-0.4, -0.2) is 71.5 Å². The van der Waals surface area contributed by atoms with Crippen molar-refractivity contribution in [3.8, 4) is 11.9 Å². The third-order valence-electron chi connectivity index (χ3n) is 7.88. The highest BCUT2D eigenvalue weighted by atomic mass is 35.5. The van der Waals surface area contributed by atoms with E-state index in [1.165, 1.54) is 6.20 Å². The van der Waals surface area contributed by atoms with Crippen LogP contribution in [0.5, 0.6) is 5.88 Å². The number of hydrogen-bond acceptors (Lipinski definition) is 8. The van der Waals surface area contributed by atoms with E-state index < -0.39 is 5.82 Å². The normalized spacial score (nSPS) is 18.7. The SMILES string of the molecule is N#Cc1cc2nc(CN3CCC(Oc4nc(Cc5ccc(Cl)cc5)ncc4F)CC3)n(C[C@H]([SiH3])[C@@H]3CCO3)c2cn1. The van der Waals surface area contributed by atoms with Gasteiger partial charge in [-0.05, 0) is 42.5 Å². The lowest BCUT2D eigenvalue weighted by Gasteiger charge is -2.33. The van der Waals surface area contributed by atoms with E-state index in [1.54, 1.807) is 12.3 Å². The van der Waals surface area contributed by atoms with E-state index in [0.717, 1.165) is 78.2 Å². The molecule has 0 amide bonds. The van der Waals surface area contributed by atoms with Gasteiger partial charge in [0.1, 0.15) is 29.5 Å². The van der Waals surface area contributed by atoms with Gasteiger partial charge in [0.25, 0.3) is 5.88 Å². The molecule has 212 valence electrons. The summed E-state index contributed by atoms with van der Waals surface area (Å²) < 4.78 is 28.6. The molecule has 0 N–H and O–H groups in total. The number of likely N-dealkylation sites (tertiary alicyclic amines) is 1. The molecule has 6 rings (SSSR count). The first kappa shape index (κ1) is 27.7. The fraction of sp³-hybridized carbons (Fsp3) is 0.414. The van der Waals surface area contributed by atoms with Gasteiger partial charge < -0.3 is 14.0 Å². The van der Waals surface area contributed by atoms with Crippen LogP contribution < -0.4 is 4.74 Å². The van der Waals surface area contributed by atoms with Crippen LogP contribution in [0, 0.1) is 17.1 Å². The molecule has 12 heteroatoms. The van der Waals surface area contributed by atoms with Crippen LogP contribution in [0.1, 0.15) is 42.2 Å². The van der Waals surface area contributed by atoms with Crippen LogP contribution in [0.2, 0.25) is 10.6 Å². The topological polar surface area (TPSA) is 102 Å². The lowest BCUT2D eigenvalue weighted by atomic mass is 10.1. The molecule has 2 atom stereocenters. The monoisotopic (exact) mass is 591 g/mol. The Morgan fingerprint density at radius 1 is 1.15 bits per heavy atom. The number of nitrogens with zero attached hydrogens (tertiary/aromatic N) is 7. The molecular formula is C29H31ClFN7O2Si. The van der Waals surface area contributed by atoms with Gasteiger partial charge in [-0.2, -0.15) is 14.6 Å². The smallest absolute Gasteiger partial charge is 0.254 e. The highest BCUT2D eigenvalue weighted by Crippen LogP contribution is 2.28. The molecule has 0 bridgehead atoms. The van der Waals surface area contributed by atoms with Crippen molar-refractivity contribution < 1.29 is 13.9 Å². The Labute approximate surface area is 245 Å². The molecule has 5 heterocycles. The molecular weight excluding hydrogens is 561 g/mol. The van der Waals surface area contributed by atoms with Gasteiger partial charge in [0.05, 0.1) is 36.1 Å². The average Bonchev–Trinajstić information content (AvgIpc) is 3.27. The Morgan fingerprint density at radius 3 is 2.63 bits per heavy atom. The summed E-state index contributed by atoms with van der Waals surface area (Å²) in [4.78, 5) is 20.1. The summed E-state index contributed by atoms with van der Waals surface area (Å²) in [5.41, 5.74) is 3.57. The van der Waals surface area contributed by atoms with Crippen molar-refractivity contribution >= 4 is 32.9 Å². The number of pyridine rings is 1. The van der Waals surface area contributed by atoms with Crippen molar-refractivity contribution in [2.75, 3.05) is 19.7 Å². The van der Waals surface area contributed by atoms with Gasteiger partial charge in [0.15, 0.2) is 0 Å². The first-order chi connectivity index (χ1) is 19.9. The molecule has 0 saturated carbocycles. The second-order valence-electron chi connectivity index (χ2n) is 10.8. The van der Waals surface area contributed by atoms with Crippen molar-refractivity contribution in [1.82, 2.24) is 29.4 Å². The minimum absolute atomic E-state index is 0.00127. The number of aromatic nitrogens is 5. The quantitative estimate of drug-likeness (QED) is 0.273. The van der Waals surface area contributed by atoms with Gasteiger partial charge in [0.2, 0.25) is 5.82 Å². The van der Waals surface area contributed by atoms with Crippen molar-refractivity contribution in [3.63, 3.8) is 0 Å². The van der Waals surface area contributed by atoms with Crippen molar-refractivity contribution in [3.05, 3.63) is 76.5 Å². The number of hydrogen-bond donors (Lipinski definition) is 0. The van der Waals surface area contributed by atoms with E-state index >= 15 is 0 Å². The van der Waals surface area contributed by atoms with E-state index in [0.29, 0.717) is 41.2 Å². The number of fused-ring (bicyclic) bond motifs is 1. The number of nitriles is 1. The number of rotatable bonds is 9. The van der Waals surface area contributed by atoms with Gasteiger partial charge in [0, 0.05) is 54.0 Å². The minimum atomic E-state index is -0.556. The molecule has 0 aliphatic carbocycles. The molecule has 1 aromatic carbocycles. The maximum absolute atomic E-state index is 14.6. The fourth-order valence-corrected chi connectivity index (χ4v) is 6.47. The summed E-state index contributed by atoms with van der Waals surface area (Å²) in [7, 11) is 1.02. The molecule has 3 aromatic heterocycles. The summed E-state index contributed by atoms with van der Waals surface area (Å²) in [6, 6.07) is 11.3. The highest BCUT2D eigenvalue weighted by Gasteiger charge is 2.28. The van der Waals surface area contributed by atoms with Crippen molar-refractivity contribution in [2.45, 2.75) is 56.5 Å². The fourth-order valence-electron chi connectivity index (χ4n) is 5.45. The van der Waals surface area contributed by atoms with Crippen LogP contribution in [0.3, 0.4) is 0 Å². The highest BCUT2D eigenvalue weighted by molar-refractivity contribution is 6.30. The van der Waals surface area contributed by atoms with E-state index in [2.05, 4.69) is 30.5 Å². The minimum Gasteiger partial charge on any atom is -0.472 e. The predicted octanol–water partition coefficient (Wildman–Crippen LogP) is 3.46. The maximum atomic E-state index is 14.6. The van der Waals surface area contributed by atoms with Gasteiger partial charge in [-0.1, -0.05) is 23.7 Å². The van der Waals surface area contributed by atoms with E-state index in [4.69, 9.17) is 26.1 Å². The third kappa shape index (κ3) is 6.41. The zero-order chi connectivity index (χ0) is 28.3. The zero-order valence-corrected chi connectivity index (χ0v) is 25.6. The second-order valence-corrected chi connectivity index (χ2v) is 12.7. The lowest BCUT2D eigenvalue weighted by Crippen LogP contribution is -2.39. The molecule has 4 aromatic rings. The van der Waals surface area contributed by atoms with Crippen molar-refractivity contribution in [1.29, 1.82) is 5.26 Å². The van der Waals surface area contributed by atoms with Crippen LogP contribution in [-0.2, 0) is 24.2 Å². The Morgan fingerprint density at radius 2 is 1.93 bits per heavy atom. The molecule has 0 spiro atoms. The molecule has 2 aliphatic heterocycles. The summed E-state index contributed by atoms with van der Waals surface area (Å²) in [5, 5.41) is 9.97. The molecule has 2 aliphatic rings. The van der Waals surface area contributed by atoms with Gasteiger partial charge >= 0.3 is 0 Å². The molecule has 2 fully saturated rings. The lowest BCUT2D eigenvalue weighted by molar-refractivity contribution is -0.0556. The van der Waals surface area contributed by atoms with E-state index in [-0.39, 0.29) is 12.0 Å². The largest absolute Gasteiger partial charge is 0.472 e. The number of piperidine rings is 1. The number of ether oxygens (including phenoxy) is 2. The van der Waals surface area contributed by atoms with Gasteiger partial charge in [-0.15, -0.1) is 0 Å². The molecule has 9 nitrogen and oxygen atoms in total. The standard InChI is InChI=1S/C29H31ClFN7O2Si/c30-19-3-1-18(2-4-19)11-27-34-14-22(31)29(36-27)40-21-5-8-37(9-6-21)17-28-35-23-12-20(13-32)33-15-24(23)38(28)16-26(41)25-7-10-39-25/h1-4,12,14-15,21,25-26H,5-11,16-17H2,41H3/t25-,26-/m0/s1. The zero-order valence-electron chi connectivity index (χ0n) is 22.8. The Hall–Kier alpha value is -3.43. The average molecular weight is 592 g/mol. The van der Waals surface area contributed by atoms with E-state index in [1.807, 2.05) is 24.3 Å². The Balaban J connectivity index is 1.11. The van der Waals surface area contributed by atoms with Gasteiger partial charge in [-0.3, -0.25) is 4.90 Å². The Kier molecular flexibility index (Phi) is 8.25. The molecule has 2 saturated heterocycles. The van der Waals surface area contributed by atoms with Crippen LogP contribution >= 0.6 is 11.6 Å². The summed E-state index contributed by atoms with van der Waals surface area (Å²) in [6.07, 6.45) is 6.19. The Bertz CT molecular complexity index is 1570. The summed E-state index contributed by atoms with van der Waals surface area (Å²) in [5.74, 6) is 0.907. The predicted molar refractivity (Wildman–Crippen MR) is 155 cm³/mol.